The van der Waals surface area contributed by atoms with E-state index in [1.807, 2.05) is 26.8 Å². The molecule has 0 fully saturated rings. The van der Waals surface area contributed by atoms with Crippen LogP contribution in [-0.2, 0) is 0 Å². The van der Waals surface area contributed by atoms with Gasteiger partial charge in [0, 0.05) is 5.56 Å². The van der Waals surface area contributed by atoms with Crippen molar-refractivity contribution in [1.82, 2.24) is 0 Å². The molecule has 0 heterocycles. The average molecular weight is 225 g/mol. The molecule has 0 bridgehead atoms. The van der Waals surface area contributed by atoms with E-state index in [2.05, 4.69) is 0 Å². The van der Waals surface area contributed by atoms with Gasteiger partial charge >= 0.3 is 0 Å². The van der Waals surface area contributed by atoms with Crippen LogP contribution in [0.4, 0.5) is 4.39 Å². The number of ether oxygens (including phenoxy) is 1. The molecule has 0 aliphatic rings. The van der Waals surface area contributed by atoms with Crippen molar-refractivity contribution in [3.05, 3.63) is 29.1 Å². The highest BCUT2D eigenvalue weighted by Crippen LogP contribution is 2.32. The van der Waals surface area contributed by atoms with Crippen molar-refractivity contribution in [2.75, 3.05) is 13.7 Å². The van der Waals surface area contributed by atoms with Crippen molar-refractivity contribution >= 4 is 0 Å². The third-order valence-corrected chi connectivity index (χ3v) is 2.85. The van der Waals surface area contributed by atoms with Gasteiger partial charge in [0.05, 0.1) is 7.11 Å². The van der Waals surface area contributed by atoms with Crippen LogP contribution in [0.1, 0.15) is 43.7 Å². The van der Waals surface area contributed by atoms with Crippen LogP contribution in [0.15, 0.2) is 12.1 Å². The number of halogens is 1. The van der Waals surface area contributed by atoms with Gasteiger partial charge in [0.1, 0.15) is 0 Å². The van der Waals surface area contributed by atoms with Gasteiger partial charge in [0.2, 0.25) is 0 Å². The van der Waals surface area contributed by atoms with E-state index >= 15 is 0 Å². The van der Waals surface area contributed by atoms with Crippen LogP contribution in [0.3, 0.4) is 0 Å². The van der Waals surface area contributed by atoms with Crippen molar-refractivity contribution in [1.29, 1.82) is 0 Å². The molecule has 3 heteroatoms. The highest BCUT2D eigenvalue weighted by molar-refractivity contribution is 5.42. The minimum absolute atomic E-state index is 0.100. The third kappa shape index (κ3) is 2.53. The molecule has 90 valence electrons. The lowest BCUT2D eigenvalue weighted by Crippen LogP contribution is -2.11. The Morgan fingerprint density at radius 2 is 1.94 bits per heavy atom. The summed E-state index contributed by atoms with van der Waals surface area (Å²) in [5.74, 6) is 0.415. The normalized spacial score (nSPS) is 12.9. The third-order valence-electron chi connectivity index (χ3n) is 2.85. The molecule has 1 aromatic carbocycles. The SMILES string of the molecule is COc1c(F)cc(C(C)C)cc1C(C)CN. The number of nitrogens with two attached hydrogens (primary N) is 1. The fourth-order valence-electron chi connectivity index (χ4n) is 1.68. The van der Waals surface area contributed by atoms with E-state index in [1.54, 1.807) is 0 Å². The van der Waals surface area contributed by atoms with Crippen LogP contribution in [0.5, 0.6) is 5.75 Å². The first-order valence-corrected chi connectivity index (χ1v) is 5.58. The monoisotopic (exact) mass is 225 g/mol. The summed E-state index contributed by atoms with van der Waals surface area (Å²) >= 11 is 0. The second-order valence-corrected chi connectivity index (χ2v) is 4.42. The predicted octanol–water partition coefficient (Wildman–Crippen LogP) is 3.02. The van der Waals surface area contributed by atoms with Gasteiger partial charge in [0.15, 0.2) is 11.6 Å². The average Bonchev–Trinajstić information content (AvgIpc) is 2.26. The van der Waals surface area contributed by atoms with E-state index in [-0.39, 0.29) is 11.7 Å². The van der Waals surface area contributed by atoms with Gasteiger partial charge in [-0.05, 0) is 30.0 Å². The Morgan fingerprint density at radius 1 is 1.31 bits per heavy atom. The van der Waals surface area contributed by atoms with Crippen LogP contribution in [0.25, 0.3) is 0 Å². The summed E-state index contributed by atoms with van der Waals surface area (Å²) in [4.78, 5) is 0. The maximum atomic E-state index is 13.8. The minimum atomic E-state index is -0.302. The molecule has 2 nitrogen and oxygen atoms in total. The standard InChI is InChI=1S/C13H20FNO/c1-8(2)10-5-11(9(3)7-15)13(16-4)12(14)6-10/h5-6,8-9H,7,15H2,1-4H3. The summed E-state index contributed by atoms with van der Waals surface area (Å²) in [5.41, 5.74) is 7.46. The molecule has 0 spiro atoms. The van der Waals surface area contributed by atoms with Gasteiger partial charge in [-0.15, -0.1) is 0 Å². The first-order valence-electron chi connectivity index (χ1n) is 5.58. The Balaban J connectivity index is 3.30. The molecule has 0 amide bonds. The fraction of sp³-hybridized carbons (Fsp3) is 0.538. The first kappa shape index (κ1) is 13.0. The molecule has 1 aromatic rings. The van der Waals surface area contributed by atoms with Crippen molar-refractivity contribution in [3.63, 3.8) is 0 Å². The maximum absolute atomic E-state index is 13.8. The van der Waals surface area contributed by atoms with Crippen LogP contribution >= 0.6 is 0 Å². The van der Waals surface area contributed by atoms with Crippen LogP contribution in [0, 0.1) is 5.82 Å². The van der Waals surface area contributed by atoms with Crippen molar-refractivity contribution in [2.45, 2.75) is 32.6 Å². The zero-order valence-electron chi connectivity index (χ0n) is 10.4. The van der Waals surface area contributed by atoms with Crippen molar-refractivity contribution < 1.29 is 9.13 Å². The van der Waals surface area contributed by atoms with E-state index in [1.165, 1.54) is 13.2 Å². The Hall–Kier alpha value is -1.09. The summed E-state index contributed by atoms with van der Waals surface area (Å²) in [5, 5.41) is 0. The van der Waals surface area contributed by atoms with Gasteiger partial charge in [0.25, 0.3) is 0 Å². The van der Waals surface area contributed by atoms with E-state index < -0.39 is 0 Å². The number of methoxy groups -OCH3 is 1. The second-order valence-electron chi connectivity index (χ2n) is 4.42. The Kier molecular flexibility index (Phi) is 4.30. The molecule has 0 saturated carbocycles. The first-order chi connectivity index (χ1) is 7.51. The summed E-state index contributed by atoms with van der Waals surface area (Å²) < 4.78 is 18.9. The van der Waals surface area contributed by atoms with E-state index in [0.717, 1.165) is 11.1 Å². The minimum Gasteiger partial charge on any atom is -0.493 e. The molecule has 0 radical (unpaired) electrons. The van der Waals surface area contributed by atoms with Gasteiger partial charge in [-0.25, -0.2) is 4.39 Å². The number of rotatable bonds is 4. The van der Waals surface area contributed by atoms with Crippen molar-refractivity contribution in [3.8, 4) is 5.75 Å². The van der Waals surface area contributed by atoms with Crippen LogP contribution in [0.2, 0.25) is 0 Å². The number of benzene rings is 1. The fourth-order valence-corrected chi connectivity index (χ4v) is 1.68. The van der Waals surface area contributed by atoms with E-state index in [4.69, 9.17) is 10.5 Å². The van der Waals surface area contributed by atoms with E-state index in [9.17, 15) is 4.39 Å². The molecule has 2 N–H and O–H groups in total. The van der Waals surface area contributed by atoms with E-state index in [0.29, 0.717) is 18.2 Å². The molecule has 1 atom stereocenters. The Bertz CT molecular complexity index is 363. The molecule has 1 rings (SSSR count). The summed E-state index contributed by atoms with van der Waals surface area (Å²) in [6, 6.07) is 3.53. The molecule has 0 saturated heterocycles. The zero-order valence-corrected chi connectivity index (χ0v) is 10.4. The maximum Gasteiger partial charge on any atom is 0.165 e. The molecule has 0 aliphatic heterocycles. The Morgan fingerprint density at radius 3 is 2.38 bits per heavy atom. The van der Waals surface area contributed by atoms with Crippen LogP contribution < -0.4 is 10.5 Å². The van der Waals surface area contributed by atoms with Gasteiger partial charge in [-0.1, -0.05) is 26.8 Å². The summed E-state index contributed by atoms with van der Waals surface area (Å²) in [6.45, 7) is 6.54. The second kappa shape index (κ2) is 5.30. The molecule has 1 unspecified atom stereocenters. The quantitative estimate of drug-likeness (QED) is 0.854. The largest absolute Gasteiger partial charge is 0.493 e. The van der Waals surface area contributed by atoms with Gasteiger partial charge in [-0.2, -0.15) is 0 Å². The lowest BCUT2D eigenvalue weighted by atomic mass is 9.93. The van der Waals surface area contributed by atoms with Gasteiger partial charge < -0.3 is 10.5 Å². The number of hydrogen-bond donors (Lipinski definition) is 1. The predicted molar refractivity (Wildman–Crippen MR) is 64.5 cm³/mol. The highest BCUT2D eigenvalue weighted by Gasteiger charge is 2.17. The molecule has 16 heavy (non-hydrogen) atoms. The lowest BCUT2D eigenvalue weighted by molar-refractivity contribution is 0.378. The van der Waals surface area contributed by atoms with Crippen LogP contribution in [-0.4, -0.2) is 13.7 Å². The van der Waals surface area contributed by atoms with Gasteiger partial charge in [-0.3, -0.25) is 0 Å². The molecular weight excluding hydrogens is 205 g/mol. The summed E-state index contributed by atoms with van der Waals surface area (Å²) in [7, 11) is 1.49. The molecule has 0 aliphatic carbocycles. The topological polar surface area (TPSA) is 35.2 Å². The van der Waals surface area contributed by atoms with Crippen molar-refractivity contribution in [2.24, 2.45) is 5.73 Å². The zero-order chi connectivity index (χ0) is 12.3. The summed E-state index contributed by atoms with van der Waals surface area (Å²) in [6.07, 6.45) is 0. The number of hydrogen-bond acceptors (Lipinski definition) is 2. The molecular formula is C13H20FNO. The highest BCUT2D eigenvalue weighted by atomic mass is 19.1. The Labute approximate surface area is 96.6 Å². The smallest absolute Gasteiger partial charge is 0.165 e. The lowest BCUT2D eigenvalue weighted by Gasteiger charge is -2.17. The molecule has 0 aromatic heterocycles.